The van der Waals surface area contributed by atoms with Gasteiger partial charge in [-0.15, -0.1) is 0 Å². The Bertz CT molecular complexity index is 736. The fourth-order valence-electron chi connectivity index (χ4n) is 1.89. The van der Waals surface area contributed by atoms with Gasteiger partial charge in [0.05, 0.1) is 11.0 Å². The van der Waals surface area contributed by atoms with E-state index >= 15 is 0 Å². The first kappa shape index (κ1) is 11.4. The largest absolute Gasteiger partial charge is 1.00 e. The summed E-state index contributed by atoms with van der Waals surface area (Å²) < 4.78 is 0. The van der Waals surface area contributed by atoms with Crippen LogP contribution >= 0.6 is 0 Å². The summed E-state index contributed by atoms with van der Waals surface area (Å²) >= 11 is 0. The van der Waals surface area contributed by atoms with Crippen LogP contribution in [-0.2, 0) is 0 Å². The molecule has 0 bridgehead atoms. The van der Waals surface area contributed by atoms with Crippen molar-refractivity contribution in [2.24, 2.45) is 0 Å². The lowest BCUT2D eigenvalue weighted by molar-refractivity contribution is -0.00000328. The molecule has 3 aromatic rings. The zero-order valence-corrected chi connectivity index (χ0v) is 9.41. The average Bonchev–Trinajstić information content (AvgIpc) is 2.30. The molecule has 3 rings (SSSR count). The molecule has 0 spiro atoms. The molecular formula is C12H8ClN2O2-. The van der Waals surface area contributed by atoms with Crippen molar-refractivity contribution in [3.63, 3.8) is 0 Å². The Labute approximate surface area is 102 Å². The van der Waals surface area contributed by atoms with Gasteiger partial charge < -0.3 is 22.4 Å². The first-order valence-electron chi connectivity index (χ1n) is 4.89. The van der Waals surface area contributed by atoms with Gasteiger partial charge in [0.2, 0.25) is 0 Å². The van der Waals surface area contributed by atoms with E-state index in [0.717, 1.165) is 0 Å². The number of benzene rings is 1. The molecule has 1 aromatic carbocycles. The van der Waals surface area contributed by atoms with E-state index in [4.69, 9.17) is 0 Å². The summed E-state index contributed by atoms with van der Waals surface area (Å²) in [6.07, 6.45) is 3.16. The molecule has 0 saturated carbocycles. The minimum atomic E-state index is -0.0552. The van der Waals surface area contributed by atoms with Crippen LogP contribution in [0.1, 0.15) is 0 Å². The molecule has 0 aliphatic heterocycles. The number of fused-ring (bicyclic) bond motifs is 3. The maximum Gasteiger partial charge on any atom is 0.189 e. The van der Waals surface area contributed by atoms with E-state index in [2.05, 4.69) is 9.97 Å². The average molecular weight is 248 g/mol. The van der Waals surface area contributed by atoms with E-state index in [9.17, 15) is 9.59 Å². The molecule has 17 heavy (non-hydrogen) atoms. The van der Waals surface area contributed by atoms with Gasteiger partial charge in [0.15, 0.2) is 10.9 Å². The van der Waals surface area contributed by atoms with Gasteiger partial charge in [-0.3, -0.25) is 9.59 Å². The van der Waals surface area contributed by atoms with Gasteiger partial charge >= 0.3 is 0 Å². The topological polar surface area (TPSA) is 65.7 Å². The first-order valence-corrected chi connectivity index (χ1v) is 4.89. The lowest BCUT2D eigenvalue weighted by atomic mass is 10.1. The number of hydrogen-bond acceptors (Lipinski definition) is 2. The number of nitrogens with one attached hydrogen (secondary N) is 2. The van der Waals surface area contributed by atoms with E-state index < -0.39 is 0 Å². The second-order valence-electron chi connectivity index (χ2n) is 3.59. The summed E-state index contributed by atoms with van der Waals surface area (Å²) in [4.78, 5) is 29.2. The van der Waals surface area contributed by atoms with Crippen molar-refractivity contribution in [1.29, 1.82) is 0 Å². The molecule has 0 aliphatic carbocycles. The van der Waals surface area contributed by atoms with Crippen LogP contribution in [0.3, 0.4) is 0 Å². The van der Waals surface area contributed by atoms with Crippen LogP contribution in [0.25, 0.3) is 21.8 Å². The third-order valence-electron chi connectivity index (χ3n) is 2.66. The summed E-state index contributed by atoms with van der Waals surface area (Å²) in [5.74, 6) is 0. The van der Waals surface area contributed by atoms with Crippen molar-refractivity contribution in [3.05, 3.63) is 57.1 Å². The molecule has 0 fully saturated rings. The van der Waals surface area contributed by atoms with Crippen LogP contribution in [0.5, 0.6) is 0 Å². The van der Waals surface area contributed by atoms with Gasteiger partial charge in [-0.1, -0.05) is 0 Å². The number of rotatable bonds is 0. The van der Waals surface area contributed by atoms with Crippen molar-refractivity contribution in [1.82, 2.24) is 9.97 Å². The van der Waals surface area contributed by atoms with Crippen LogP contribution in [-0.4, -0.2) is 9.97 Å². The van der Waals surface area contributed by atoms with Gasteiger partial charge in [0, 0.05) is 35.3 Å². The summed E-state index contributed by atoms with van der Waals surface area (Å²) in [6, 6.07) is 6.28. The van der Waals surface area contributed by atoms with E-state index in [1.165, 1.54) is 12.1 Å². The normalized spacial score (nSPS) is 10.4. The summed E-state index contributed by atoms with van der Waals surface area (Å²) in [5.41, 5.74) is 1.23. The van der Waals surface area contributed by atoms with Crippen LogP contribution in [0.15, 0.2) is 46.2 Å². The maximum atomic E-state index is 11.6. The number of pyridine rings is 2. The molecule has 0 aliphatic rings. The zero-order valence-electron chi connectivity index (χ0n) is 8.66. The van der Waals surface area contributed by atoms with Crippen LogP contribution < -0.4 is 23.3 Å². The Hall–Kier alpha value is -2.07. The summed E-state index contributed by atoms with van der Waals surface area (Å²) in [5, 5.41) is 1.16. The first-order chi connectivity index (χ1) is 7.77. The molecule has 2 aromatic heterocycles. The molecule has 0 atom stereocenters. The highest BCUT2D eigenvalue weighted by Crippen LogP contribution is 2.16. The predicted molar refractivity (Wildman–Crippen MR) is 62.7 cm³/mol. The van der Waals surface area contributed by atoms with Crippen molar-refractivity contribution in [2.75, 3.05) is 0 Å². The monoisotopic (exact) mass is 247 g/mol. The lowest BCUT2D eigenvalue weighted by Crippen LogP contribution is -3.00. The Morgan fingerprint density at radius 1 is 0.706 bits per heavy atom. The summed E-state index contributed by atoms with van der Waals surface area (Å²) in [7, 11) is 0. The number of hydrogen-bond donors (Lipinski definition) is 2. The molecule has 4 nitrogen and oxygen atoms in total. The molecule has 0 unspecified atom stereocenters. The Morgan fingerprint density at radius 3 is 1.53 bits per heavy atom. The molecule has 86 valence electrons. The third-order valence-corrected chi connectivity index (χ3v) is 2.66. The highest BCUT2D eigenvalue weighted by molar-refractivity contribution is 6.02. The molecule has 0 radical (unpaired) electrons. The SMILES string of the molecule is O=c1cc[nH]c2c1ccc1c(=O)cc[nH]c12.[Cl-]. The van der Waals surface area contributed by atoms with Crippen molar-refractivity contribution in [3.8, 4) is 0 Å². The van der Waals surface area contributed by atoms with Gasteiger partial charge in [0.1, 0.15) is 0 Å². The number of aromatic nitrogens is 2. The number of aromatic amines is 2. The van der Waals surface area contributed by atoms with Crippen molar-refractivity contribution < 1.29 is 12.4 Å². The van der Waals surface area contributed by atoms with Gasteiger partial charge in [-0.2, -0.15) is 0 Å². The van der Waals surface area contributed by atoms with Crippen LogP contribution in [0, 0.1) is 0 Å². The quantitative estimate of drug-likeness (QED) is 0.469. The zero-order chi connectivity index (χ0) is 11.1. The summed E-state index contributed by atoms with van der Waals surface area (Å²) in [6.45, 7) is 0. The van der Waals surface area contributed by atoms with Crippen molar-refractivity contribution >= 4 is 21.8 Å². The predicted octanol–water partition coefficient (Wildman–Crippen LogP) is -1.63. The standard InChI is InChI=1S/C12H8N2O2.ClH/c15-9-3-5-13-11-7(9)1-2-8-10(16)4-6-14-12(8)11;/h1-6H,(H,13,15)(H,14,16);1H/p-1. The molecule has 2 heterocycles. The highest BCUT2D eigenvalue weighted by atomic mass is 35.5. The highest BCUT2D eigenvalue weighted by Gasteiger charge is 2.04. The van der Waals surface area contributed by atoms with Gasteiger partial charge in [-0.25, -0.2) is 0 Å². The fourth-order valence-corrected chi connectivity index (χ4v) is 1.89. The fraction of sp³-hybridized carbons (Fsp3) is 0. The van der Waals surface area contributed by atoms with Gasteiger partial charge in [0.25, 0.3) is 0 Å². The van der Waals surface area contributed by atoms with Crippen LogP contribution in [0.4, 0.5) is 0 Å². The van der Waals surface area contributed by atoms with E-state index in [-0.39, 0.29) is 23.3 Å². The van der Waals surface area contributed by atoms with Crippen molar-refractivity contribution in [2.45, 2.75) is 0 Å². The Balaban J connectivity index is 0.00000108. The molecule has 2 N–H and O–H groups in total. The third kappa shape index (κ3) is 1.62. The minimum absolute atomic E-state index is 0. The number of H-pyrrole nitrogens is 2. The van der Waals surface area contributed by atoms with E-state index in [1.807, 2.05) is 0 Å². The molecular weight excluding hydrogens is 240 g/mol. The van der Waals surface area contributed by atoms with Crippen LogP contribution in [0.2, 0.25) is 0 Å². The second kappa shape index (κ2) is 4.07. The molecule has 0 amide bonds. The molecule has 0 saturated heterocycles. The number of halogens is 1. The lowest BCUT2D eigenvalue weighted by Gasteiger charge is -2.01. The maximum absolute atomic E-state index is 11.6. The Kier molecular flexibility index (Phi) is 2.73. The van der Waals surface area contributed by atoms with Gasteiger partial charge in [-0.05, 0) is 12.1 Å². The van der Waals surface area contributed by atoms with E-state index in [0.29, 0.717) is 21.8 Å². The smallest absolute Gasteiger partial charge is 0.189 e. The van der Waals surface area contributed by atoms with E-state index in [1.54, 1.807) is 24.5 Å². The minimum Gasteiger partial charge on any atom is -1.00 e. The Morgan fingerprint density at radius 2 is 1.12 bits per heavy atom. The second-order valence-corrected chi connectivity index (χ2v) is 3.59. The molecule has 5 heteroatoms.